The lowest BCUT2D eigenvalue weighted by Crippen LogP contribution is -2.45. The fourth-order valence-corrected chi connectivity index (χ4v) is 7.18. The van der Waals surface area contributed by atoms with Crippen LogP contribution in [-0.2, 0) is 18.3 Å². The lowest BCUT2D eigenvalue weighted by Gasteiger charge is -2.44. The highest BCUT2D eigenvalue weighted by molar-refractivity contribution is 5.87. The molecule has 4 aromatic carbocycles. The molecule has 0 spiro atoms. The number of aliphatic hydroxyl groups excluding tert-OH is 1. The molecule has 6 rings (SSSR count). The number of fused-ring (bicyclic) bond motifs is 1. The standard InChI is InChI=1S/C41H47N3O5/c1-28(2)44-23-20-41(21-24-44,31-6-4-3-5-7-31)35-26-30(10-15-36(35)45)19-25-49-32-11-8-29(9-12-32)18-22-42-27-38(47)33-13-16-37(46)40-34(33)14-17-39(48)43-40/h3-17,26,28,38,42,45-47H,18-25,27H2,1-2H3,(H,43,48)/t38-/m0/s1. The number of aromatic hydroxyl groups is 2. The van der Waals surface area contributed by atoms with Crippen molar-refractivity contribution in [1.82, 2.24) is 15.2 Å². The normalized spacial score (nSPS) is 15.4. The van der Waals surface area contributed by atoms with Gasteiger partial charge in [0.15, 0.2) is 0 Å². The smallest absolute Gasteiger partial charge is 0.248 e. The van der Waals surface area contributed by atoms with Crippen molar-refractivity contribution in [2.45, 2.75) is 57.1 Å². The minimum Gasteiger partial charge on any atom is -0.508 e. The maximum atomic E-state index is 11.7. The Morgan fingerprint density at radius 2 is 1.57 bits per heavy atom. The van der Waals surface area contributed by atoms with Gasteiger partial charge < -0.3 is 35.3 Å². The Hall–Kier alpha value is -4.63. The summed E-state index contributed by atoms with van der Waals surface area (Å²) in [5, 5.41) is 36.0. The van der Waals surface area contributed by atoms with Gasteiger partial charge in [0.05, 0.1) is 18.2 Å². The molecule has 8 nitrogen and oxygen atoms in total. The molecule has 0 radical (unpaired) electrons. The third-order valence-corrected chi connectivity index (χ3v) is 10.1. The van der Waals surface area contributed by atoms with E-state index in [1.54, 1.807) is 12.1 Å². The largest absolute Gasteiger partial charge is 0.508 e. The number of H-pyrrole nitrogens is 1. The molecule has 8 heteroatoms. The zero-order valence-corrected chi connectivity index (χ0v) is 28.4. The zero-order valence-electron chi connectivity index (χ0n) is 28.4. The fourth-order valence-electron chi connectivity index (χ4n) is 7.18. The van der Waals surface area contributed by atoms with Gasteiger partial charge >= 0.3 is 0 Å². The van der Waals surface area contributed by atoms with Crippen LogP contribution < -0.4 is 15.6 Å². The monoisotopic (exact) mass is 661 g/mol. The van der Waals surface area contributed by atoms with Crippen LogP contribution in [0, 0.1) is 0 Å². The van der Waals surface area contributed by atoms with Gasteiger partial charge in [-0.25, -0.2) is 0 Å². The van der Waals surface area contributed by atoms with E-state index in [4.69, 9.17) is 4.74 Å². The molecule has 1 saturated heterocycles. The van der Waals surface area contributed by atoms with Crippen LogP contribution in [0.4, 0.5) is 0 Å². The average molecular weight is 662 g/mol. The highest BCUT2D eigenvalue weighted by Crippen LogP contribution is 2.45. The molecule has 5 N–H and O–H groups in total. The van der Waals surface area contributed by atoms with Crippen molar-refractivity contribution >= 4 is 10.9 Å². The molecule has 0 saturated carbocycles. The van der Waals surface area contributed by atoms with Crippen molar-refractivity contribution in [3.05, 3.63) is 135 Å². The summed E-state index contributed by atoms with van der Waals surface area (Å²) in [4.78, 5) is 16.8. The lowest BCUT2D eigenvalue weighted by atomic mass is 9.67. The Morgan fingerprint density at radius 3 is 2.31 bits per heavy atom. The second-order valence-corrected chi connectivity index (χ2v) is 13.4. The van der Waals surface area contributed by atoms with Crippen molar-refractivity contribution in [1.29, 1.82) is 0 Å². The number of phenolic OH excluding ortho intramolecular Hbond substituents is 2. The molecular formula is C41H47N3O5. The van der Waals surface area contributed by atoms with Crippen molar-refractivity contribution in [2.24, 2.45) is 0 Å². The first-order valence-electron chi connectivity index (χ1n) is 17.3. The average Bonchev–Trinajstić information content (AvgIpc) is 3.12. The number of benzene rings is 4. The molecule has 0 unspecified atom stereocenters. The quantitative estimate of drug-likeness (QED) is 0.0952. The Labute approximate surface area is 288 Å². The first-order chi connectivity index (χ1) is 23.7. The van der Waals surface area contributed by atoms with Crippen LogP contribution in [-0.4, -0.2) is 64.0 Å². The van der Waals surface area contributed by atoms with Crippen LogP contribution in [0.15, 0.2) is 102 Å². The van der Waals surface area contributed by atoms with E-state index in [1.807, 2.05) is 24.3 Å². The molecule has 1 fully saturated rings. The predicted molar refractivity (Wildman–Crippen MR) is 195 cm³/mol. The van der Waals surface area contributed by atoms with Gasteiger partial charge in [-0.3, -0.25) is 4.79 Å². The second-order valence-electron chi connectivity index (χ2n) is 13.4. The summed E-state index contributed by atoms with van der Waals surface area (Å²) in [5.41, 5.74) is 5.01. The highest BCUT2D eigenvalue weighted by atomic mass is 16.5. The molecular weight excluding hydrogens is 614 g/mol. The zero-order chi connectivity index (χ0) is 34.4. The molecule has 256 valence electrons. The molecule has 1 aromatic heterocycles. The molecule has 49 heavy (non-hydrogen) atoms. The molecule has 0 amide bonds. The van der Waals surface area contributed by atoms with Crippen LogP contribution >= 0.6 is 0 Å². The number of aromatic nitrogens is 1. The van der Waals surface area contributed by atoms with Crippen LogP contribution in [0.2, 0.25) is 0 Å². The first-order valence-corrected chi connectivity index (χ1v) is 17.3. The lowest BCUT2D eigenvalue weighted by molar-refractivity contribution is 0.144. The number of rotatable bonds is 13. The summed E-state index contributed by atoms with van der Waals surface area (Å²) >= 11 is 0. The minimum atomic E-state index is -0.795. The minimum absolute atomic E-state index is 0.0246. The number of hydrogen-bond donors (Lipinski definition) is 5. The molecule has 1 aliphatic rings. The Balaban J connectivity index is 1.01. The van der Waals surface area contributed by atoms with Crippen molar-refractivity contribution in [2.75, 3.05) is 32.8 Å². The Bertz CT molecular complexity index is 1900. The predicted octanol–water partition coefficient (Wildman–Crippen LogP) is 6.22. The second kappa shape index (κ2) is 15.3. The van der Waals surface area contributed by atoms with Gasteiger partial charge in [0.2, 0.25) is 5.56 Å². The van der Waals surface area contributed by atoms with Crippen LogP contribution in [0.5, 0.6) is 17.2 Å². The fraction of sp³-hybridized carbons (Fsp3) is 0.341. The van der Waals surface area contributed by atoms with E-state index in [-0.39, 0.29) is 16.7 Å². The number of phenols is 2. The number of aliphatic hydroxyl groups is 1. The van der Waals surface area contributed by atoms with E-state index >= 15 is 0 Å². The van der Waals surface area contributed by atoms with E-state index in [0.29, 0.717) is 48.0 Å². The third kappa shape index (κ3) is 7.83. The number of nitrogens with one attached hydrogen (secondary N) is 2. The van der Waals surface area contributed by atoms with E-state index in [9.17, 15) is 20.1 Å². The van der Waals surface area contributed by atoms with Crippen LogP contribution in [0.1, 0.15) is 60.6 Å². The number of nitrogens with zero attached hydrogens (tertiary/aromatic N) is 1. The van der Waals surface area contributed by atoms with Gasteiger partial charge in [-0.05, 0) is 105 Å². The molecule has 0 aliphatic carbocycles. The topological polar surface area (TPSA) is 118 Å². The third-order valence-electron chi connectivity index (χ3n) is 10.1. The van der Waals surface area contributed by atoms with E-state index in [0.717, 1.165) is 61.2 Å². The van der Waals surface area contributed by atoms with E-state index < -0.39 is 6.10 Å². The Morgan fingerprint density at radius 1 is 0.857 bits per heavy atom. The number of hydrogen-bond acceptors (Lipinski definition) is 7. The van der Waals surface area contributed by atoms with Gasteiger partial charge in [-0.2, -0.15) is 0 Å². The molecule has 1 aliphatic heterocycles. The van der Waals surface area contributed by atoms with Crippen LogP contribution in [0.25, 0.3) is 10.9 Å². The van der Waals surface area contributed by atoms with Gasteiger partial charge in [0.1, 0.15) is 17.2 Å². The van der Waals surface area contributed by atoms with Gasteiger partial charge in [-0.1, -0.05) is 60.7 Å². The highest BCUT2D eigenvalue weighted by Gasteiger charge is 2.40. The van der Waals surface area contributed by atoms with Gasteiger partial charge in [0, 0.05) is 41.4 Å². The maximum Gasteiger partial charge on any atom is 0.248 e. The number of pyridine rings is 1. The van der Waals surface area contributed by atoms with Crippen molar-refractivity contribution in [3.63, 3.8) is 0 Å². The summed E-state index contributed by atoms with van der Waals surface area (Å²) in [6, 6.07) is 31.5. The Kier molecular flexibility index (Phi) is 10.7. The number of likely N-dealkylation sites (tertiary alicyclic amines) is 1. The summed E-state index contributed by atoms with van der Waals surface area (Å²) in [7, 11) is 0. The molecule has 1 atom stereocenters. The molecule has 5 aromatic rings. The maximum absolute atomic E-state index is 11.7. The van der Waals surface area contributed by atoms with E-state index in [2.05, 4.69) is 77.6 Å². The number of piperidine rings is 1. The van der Waals surface area contributed by atoms with E-state index in [1.165, 1.54) is 17.7 Å². The summed E-state index contributed by atoms with van der Waals surface area (Å²) in [5.74, 6) is 1.14. The van der Waals surface area contributed by atoms with Gasteiger partial charge in [-0.15, -0.1) is 0 Å². The number of ether oxygens (including phenoxy) is 1. The van der Waals surface area contributed by atoms with Crippen LogP contribution in [0.3, 0.4) is 0 Å². The van der Waals surface area contributed by atoms with Crippen molar-refractivity contribution in [3.8, 4) is 17.2 Å². The molecule has 0 bridgehead atoms. The SMILES string of the molecule is CC(C)N1CCC(c2ccccc2)(c2cc(CCOc3ccc(CCNC[C@H](O)c4ccc(O)c5[nH]c(=O)ccc45)cc3)ccc2O)CC1. The summed E-state index contributed by atoms with van der Waals surface area (Å²) < 4.78 is 6.13. The summed E-state index contributed by atoms with van der Waals surface area (Å²) in [6.45, 7) is 8.03. The van der Waals surface area contributed by atoms with Crippen molar-refractivity contribution < 1.29 is 20.1 Å². The number of aromatic amines is 1. The first kappa shape index (κ1) is 34.2. The summed E-state index contributed by atoms with van der Waals surface area (Å²) in [6.07, 6.45) is 2.64. The van der Waals surface area contributed by atoms with Gasteiger partial charge in [0.25, 0.3) is 0 Å². The molecule has 2 heterocycles.